The average molecular weight is 380 g/mol. The lowest BCUT2D eigenvalue weighted by Crippen LogP contribution is -2.25. The molecule has 0 aliphatic rings. The molecule has 1 aromatic heterocycles. The van der Waals surface area contributed by atoms with E-state index in [0.29, 0.717) is 0 Å². The standard InChI is InChI=1S/C16H16N2O5S2/c1-11(12(2)24-25-15-5-3-4-10-17-15)22-16(19)23-14-8-6-13(7-9-14)18(20)21/h3-12H,1-2H3. The Kier molecular flexibility index (Phi) is 7.08. The number of hydrogen-bond acceptors (Lipinski definition) is 8. The van der Waals surface area contributed by atoms with Crippen molar-refractivity contribution in [3.05, 3.63) is 58.8 Å². The molecule has 2 unspecified atom stereocenters. The van der Waals surface area contributed by atoms with Gasteiger partial charge in [-0.05, 0) is 48.9 Å². The van der Waals surface area contributed by atoms with E-state index in [-0.39, 0.29) is 22.8 Å². The zero-order valence-electron chi connectivity index (χ0n) is 13.5. The van der Waals surface area contributed by atoms with Crippen LogP contribution in [0.25, 0.3) is 0 Å². The van der Waals surface area contributed by atoms with Gasteiger partial charge in [-0.1, -0.05) is 16.9 Å². The van der Waals surface area contributed by atoms with Gasteiger partial charge in [-0.15, -0.1) is 0 Å². The predicted octanol–water partition coefficient (Wildman–Crippen LogP) is 4.72. The highest BCUT2D eigenvalue weighted by Crippen LogP contribution is 2.34. The number of non-ortho nitro benzene ring substituents is 1. The summed E-state index contributed by atoms with van der Waals surface area (Å²) < 4.78 is 10.3. The third-order valence-electron chi connectivity index (χ3n) is 3.11. The van der Waals surface area contributed by atoms with E-state index in [1.54, 1.807) is 13.1 Å². The normalized spacial score (nSPS) is 12.9. The molecule has 0 amide bonds. The molecule has 9 heteroatoms. The molecule has 0 N–H and O–H groups in total. The molecule has 132 valence electrons. The van der Waals surface area contributed by atoms with E-state index in [4.69, 9.17) is 9.47 Å². The summed E-state index contributed by atoms with van der Waals surface area (Å²) in [4.78, 5) is 26.1. The Hall–Kier alpha value is -2.26. The summed E-state index contributed by atoms with van der Waals surface area (Å²) in [5, 5.41) is 11.5. The molecule has 0 radical (unpaired) electrons. The summed E-state index contributed by atoms with van der Waals surface area (Å²) in [7, 11) is 3.04. The van der Waals surface area contributed by atoms with Gasteiger partial charge >= 0.3 is 6.16 Å². The fourth-order valence-corrected chi connectivity index (χ4v) is 3.82. The summed E-state index contributed by atoms with van der Waals surface area (Å²) in [6.07, 6.45) is 0.484. The molecule has 2 rings (SSSR count). The van der Waals surface area contributed by atoms with E-state index < -0.39 is 11.1 Å². The maximum Gasteiger partial charge on any atom is 0.514 e. The number of nitro benzene ring substituents is 1. The van der Waals surface area contributed by atoms with Crippen molar-refractivity contribution in [2.45, 2.75) is 30.2 Å². The van der Waals surface area contributed by atoms with Crippen molar-refractivity contribution in [1.82, 2.24) is 4.98 Å². The van der Waals surface area contributed by atoms with Gasteiger partial charge in [0.1, 0.15) is 16.9 Å². The highest BCUT2D eigenvalue weighted by molar-refractivity contribution is 8.76. The minimum atomic E-state index is -0.850. The SMILES string of the molecule is CC(OC(=O)Oc1ccc([N+](=O)[O-])cc1)C(C)SSc1ccccn1. The average Bonchev–Trinajstić information content (AvgIpc) is 2.60. The van der Waals surface area contributed by atoms with Gasteiger partial charge in [0.15, 0.2) is 0 Å². The second-order valence-corrected chi connectivity index (χ2v) is 7.58. The molecule has 7 nitrogen and oxygen atoms in total. The molecule has 0 aliphatic carbocycles. The molecule has 1 aromatic carbocycles. The van der Waals surface area contributed by atoms with E-state index in [2.05, 4.69) is 4.98 Å². The number of ether oxygens (including phenoxy) is 2. The molecule has 2 atom stereocenters. The van der Waals surface area contributed by atoms with Crippen molar-refractivity contribution < 1.29 is 19.2 Å². The van der Waals surface area contributed by atoms with Crippen LogP contribution in [0.4, 0.5) is 10.5 Å². The summed E-state index contributed by atoms with van der Waals surface area (Å²) in [6.45, 7) is 3.71. The molecule has 0 bridgehead atoms. The first kappa shape index (κ1) is 19.1. The first-order valence-electron chi connectivity index (χ1n) is 7.33. The monoisotopic (exact) mass is 380 g/mol. The molecule has 0 aliphatic heterocycles. The lowest BCUT2D eigenvalue weighted by atomic mass is 10.3. The van der Waals surface area contributed by atoms with Crippen LogP contribution in [0.1, 0.15) is 13.8 Å². The van der Waals surface area contributed by atoms with Gasteiger partial charge in [0.2, 0.25) is 0 Å². The van der Waals surface area contributed by atoms with Crippen molar-refractivity contribution in [3.63, 3.8) is 0 Å². The maximum atomic E-state index is 11.8. The number of carbonyl (C=O) groups excluding carboxylic acids is 1. The van der Waals surface area contributed by atoms with Gasteiger partial charge in [-0.3, -0.25) is 10.1 Å². The topological polar surface area (TPSA) is 91.6 Å². The van der Waals surface area contributed by atoms with Gasteiger partial charge in [-0.2, -0.15) is 0 Å². The van der Waals surface area contributed by atoms with E-state index >= 15 is 0 Å². The number of benzene rings is 1. The van der Waals surface area contributed by atoms with Crippen LogP contribution < -0.4 is 4.74 Å². The van der Waals surface area contributed by atoms with E-state index in [0.717, 1.165) is 5.03 Å². The van der Waals surface area contributed by atoms with E-state index in [9.17, 15) is 14.9 Å². The first-order chi connectivity index (χ1) is 12.0. The Morgan fingerprint density at radius 1 is 1.20 bits per heavy atom. The molecule has 25 heavy (non-hydrogen) atoms. The smallest absolute Gasteiger partial charge is 0.430 e. The second kappa shape index (κ2) is 9.28. The van der Waals surface area contributed by atoms with E-state index in [1.807, 2.05) is 25.1 Å². The van der Waals surface area contributed by atoms with Crippen LogP contribution in [-0.4, -0.2) is 27.4 Å². The van der Waals surface area contributed by atoms with Crippen molar-refractivity contribution in [3.8, 4) is 5.75 Å². The summed E-state index contributed by atoms with van der Waals surface area (Å²) in [6, 6.07) is 10.9. The Morgan fingerprint density at radius 2 is 1.92 bits per heavy atom. The number of rotatable bonds is 7. The lowest BCUT2D eigenvalue weighted by molar-refractivity contribution is -0.384. The predicted molar refractivity (Wildman–Crippen MR) is 96.8 cm³/mol. The Bertz CT molecular complexity index is 712. The van der Waals surface area contributed by atoms with Crippen molar-refractivity contribution in [1.29, 1.82) is 0 Å². The van der Waals surface area contributed by atoms with Gasteiger partial charge in [0, 0.05) is 23.6 Å². The fraction of sp³-hybridized carbons (Fsp3) is 0.250. The van der Waals surface area contributed by atoms with Crippen LogP contribution in [0.3, 0.4) is 0 Å². The fourth-order valence-electron chi connectivity index (χ4n) is 1.60. The van der Waals surface area contributed by atoms with Crippen LogP contribution in [0.15, 0.2) is 53.7 Å². The van der Waals surface area contributed by atoms with Crippen LogP contribution >= 0.6 is 21.6 Å². The quantitative estimate of drug-likeness (QED) is 0.224. The highest BCUT2D eigenvalue weighted by atomic mass is 33.1. The van der Waals surface area contributed by atoms with E-state index in [1.165, 1.54) is 45.9 Å². The first-order valence-corrected chi connectivity index (χ1v) is 9.54. The molecule has 0 fully saturated rings. The van der Waals surface area contributed by atoms with Crippen molar-refractivity contribution in [2.75, 3.05) is 0 Å². The van der Waals surface area contributed by atoms with Crippen LogP contribution in [0.5, 0.6) is 5.75 Å². The van der Waals surface area contributed by atoms with Crippen molar-refractivity contribution >= 4 is 33.4 Å². The summed E-state index contributed by atoms with van der Waals surface area (Å²) >= 11 is 0. The van der Waals surface area contributed by atoms with Gasteiger partial charge < -0.3 is 9.47 Å². The molecular weight excluding hydrogens is 364 g/mol. The number of nitro groups is 1. The van der Waals surface area contributed by atoms with Crippen LogP contribution in [0, 0.1) is 10.1 Å². The number of hydrogen-bond donors (Lipinski definition) is 0. The zero-order valence-corrected chi connectivity index (χ0v) is 15.2. The lowest BCUT2D eigenvalue weighted by Gasteiger charge is -2.18. The highest BCUT2D eigenvalue weighted by Gasteiger charge is 2.20. The second-order valence-electron chi connectivity index (χ2n) is 4.98. The largest absolute Gasteiger partial charge is 0.514 e. The molecule has 0 saturated carbocycles. The molecule has 0 spiro atoms. The number of carbonyl (C=O) groups is 1. The minimum absolute atomic E-state index is 0.0106. The third-order valence-corrected chi connectivity index (χ3v) is 6.02. The third kappa shape index (κ3) is 6.28. The molecule has 2 aromatic rings. The van der Waals surface area contributed by atoms with Gasteiger partial charge in [0.05, 0.1) is 4.92 Å². The maximum absolute atomic E-state index is 11.8. The minimum Gasteiger partial charge on any atom is -0.430 e. The van der Waals surface area contributed by atoms with Gasteiger partial charge in [-0.25, -0.2) is 9.78 Å². The molecular formula is C16H16N2O5S2. The Balaban J connectivity index is 1.79. The molecule has 0 saturated heterocycles. The van der Waals surface area contributed by atoms with Crippen molar-refractivity contribution in [2.24, 2.45) is 0 Å². The van der Waals surface area contributed by atoms with Gasteiger partial charge in [0.25, 0.3) is 5.69 Å². The number of pyridine rings is 1. The zero-order chi connectivity index (χ0) is 18.2. The summed E-state index contributed by atoms with van der Waals surface area (Å²) in [5.74, 6) is 0.186. The summed E-state index contributed by atoms with van der Waals surface area (Å²) in [5.41, 5.74) is -0.0781. The number of nitrogens with zero attached hydrogens (tertiary/aromatic N) is 2. The Morgan fingerprint density at radius 3 is 2.52 bits per heavy atom. The molecule has 1 heterocycles. The van der Waals surface area contributed by atoms with Crippen LogP contribution in [-0.2, 0) is 4.74 Å². The van der Waals surface area contributed by atoms with Crippen LogP contribution in [0.2, 0.25) is 0 Å². The number of aromatic nitrogens is 1. The Labute approximate surface area is 152 Å².